The molecule has 0 saturated heterocycles. The molecule has 0 saturated carbocycles. The van der Waals surface area contributed by atoms with Crippen molar-refractivity contribution in [2.45, 2.75) is 27.7 Å². The SMILES string of the molecule is Cc1ccc([Si]2(c3ccc(C)cc3)c3ccccc3N(c3cccc(N4c5ccccc5[Si](c5ccc(C)cc5)(c5ccc(C)cc5)c5ccccc54)c3)c3ccccc32)cc1. The van der Waals surface area contributed by atoms with Crippen molar-refractivity contribution in [2.75, 3.05) is 9.80 Å². The van der Waals surface area contributed by atoms with Crippen LogP contribution in [0.25, 0.3) is 0 Å². The third-order valence-corrected chi connectivity index (χ3v) is 23.2. The second-order valence-corrected chi connectivity index (χ2v) is 24.7. The van der Waals surface area contributed by atoms with E-state index in [0.29, 0.717) is 0 Å². The van der Waals surface area contributed by atoms with E-state index in [9.17, 15) is 0 Å². The van der Waals surface area contributed by atoms with Crippen molar-refractivity contribution in [3.8, 4) is 0 Å². The van der Waals surface area contributed by atoms with Crippen molar-refractivity contribution in [3.05, 3.63) is 241 Å². The molecule has 2 nitrogen and oxygen atoms in total. The van der Waals surface area contributed by atoms with Crippen LogP contribution in [0.3, 0.4) is 0 Å². The molecule has 0 aliphatic carbocycles. The molecule has 0 aromatic heterocycles. The Hall–Kier alpha value is -6.99. The van der Waals surface area contributed by atoms with E-state index in [4.69, 9.17) is 0 Å². The molecule has 2 heterocycles. The predicted molar refractivity (Wildman–Crippen MR) is 269 cm³/mol. The molecule has 0 amide bonds. The van der Waals surface area contributed by atoms with Gasteiger partial charge in [0.15, 0.2) is 16.1 Å². The summed E-state index contributed by atoms with van der Waals surface area (Å²) in [5.74, 6) is 0. The standard InChI is InChI=1S/C58H48N2Si2/c1-41-24-32-47(33-25-41)61(48-34-26-42(2)27-35-48)55-20-9-5-16-51(55)59(52-17-6-10-21-56(52)61)45-14-13-15-46(40-45)60-53-18-7-11-22-57(53)62(49-36-28-43(3)29-37-49,50-38-30-44(4)31-39-50)58-23-12-8-19-54(58)60/h5-40H,1-4H3. The molecule has 4 heteroatoms. The Balaban J connectivity index is 1.14. The molecule has 9 aromatic rings. The number of hydrogen-bond acceptors (Lipinski definition) is 2. The normalized spacial score (nSPS) is 14.3. The molecule has 0 spiro atoms. The summed E-state index contributed by atoms with van der Waals surface area (Å²) < 4.78 is 0. The maximum atomic E-state index is 2.53. The number of aryl methyl sites for hydroxylation is 4. The van der Waals surface area contributed by atoms with Gasteiger partial charge in [0.1, 0.15) is 0 Å². The van der Waals surface area contributed by atoms with Crippen LogP contribution in [0.4, 0.5) is 34.1 Å². The summed E-state index contributed by atoms with van der Waals surface area (Å²) in [6, 6.07) is 83.6. The van der Waals surface area contributed by atoms with Gasteiger partial charge in [-0.05, 0) is 112 Å². The Morgan fingerprint density at radius 2 is 0.500 bits per heavy atom. The minimum absolute atomic E-state index is 1.14. The zero-order chi connectivity index (χ0) is 42.0. The van der Waals surface area contributed by atoms with Gasteiger partial charge in [0.2, 0.25) is 0 Å². The molecule has 0 fully saturated rings. The van der Waals surface area contributed by atoms with E-state index in [1.165, 1.54) is 86.5 Å². The van der Waals surface area contributed by atoms with Gasteiger partial charge in [-0.25, -0.2) is 0 Å². The third-order valence-electron chi connectivity index (χ3n) is 13.5. The van der Waals surface area contributed by atoms with Gasteiger partial charge in [-0.1, -0.05) is 198 Å². The van der Waals surface area contributed by atoms with Crippen molar-refractivity contribution in [2.24, 2.45) is 0 Å². The van der Waals surface area contributed by atoms with Crippen LogP contribution >= 0.6 is 0 Å². The molecule has 11 rings (SSSR count). The number of fused-ring (bicyclic) bond motifs is 4. The van der Waals surface area contributed by atoms with Crippen LogP contribution < -0.4 is 51.3 Å². The maximum absolute atomic E-state index is 2.77. The topological polar surface area (TPSA) is 6.48 Å². The first-order valence-corrected chi connectivity index (χ1v) is 25.8. The van der Waals surface area contributed by atoms with Gasteiger partial charge in [-0.3, -0.25) is 0 Å². The highest BCUT2D eigenvalue weighted by atomic mass is 28.3. The van der Waals surface area contributed by atoms with Crippen molar-refractivity contribution in [3.63, 3.8) is 0 Å². The number of nitrogens with zero attached hydrogens (tertiary/aromatic N) is 2. The Bertz CT molecular complexity index is 2720. The highest BCUT2D eigenvalue weighted by molar-refractivity contribution is 7.22. The smallest absolute Gasteiger partial charge is 0.184 e. The molecule has 62 heavy (non-hydrogen) atoms. The summed E-state index contributed by atoms with van der Waals surface area (Å²) in [5.41, 5.74) is 12.3. The second kappa shape index (κ2) is 14.9. The molecule has 0 atom stereocenters. The lowest BCUT2D eigenvalue weighted by molar-refractivity contribution is 1.25. The van der Waals surface area contributed by atoms with E-state index in [-0.39, 0.29) is 0 Å². The zero-order valence-corrected chi connectivity index (χ0v) is 37.7. The fourth-order valence-electron chi connectivity index (χ4n) is 10.6. The quantitative estimate of drug-likeness (QED) is 0.154. The highest BCUT2D eigenvalue weighted by Gasteiger charge is 2.50. The van der Waals surface area contributed by atoms with Crippen molar-refractivity contribution in [1.82, 2.24) is 0 Å². The highest BCUT2D eigenvalue weighted by Crippen LogP contribution is 2.43. The van der Waals surface area contributed by atoms with E-state index < -0.39 is 16.1 Å². The maximum Gasteiger partial charge on any atom is 0.184 e. The van der Waals surface area contributed by atoms with E-state index in [1.807, 2.05) is 0 Å². The van der Waals surface area contributed by atoms with Crippen LogP contribution in [0.5, 0.6) is 0 Å². The molecular formula is C58H48N2Si2. The molecule has 0 radical (unpaired) electrons. The molecule has 298 valence electrons. The lowest BCUT2D eigenvalue weighted by Gasteiger charge is -2.46. The summed E-state index contributed by atoms with van der Waals surface area (Å²) in [5, 5.41) is 11.2. The van der Waals surface area contributed by atoms with Crippen LogP contribution in [0.1, 0.15) is 22.3 Å². The van der Waals surface area contributed by atoms with E-state index >= 15 is 0 Å². The Morgan fingerprint density at radius 1 is 0.258 bits per heavy atom. The summed E-state index contributed by atoms with van der Waals surface area (Å²) in [7, 11) is -5.55. The first kappa shape index (κ1) is 38.0. The molecule has 0 bridgehead atoms. The van der Waals surface area contributed by atoms with Gasteiger partial charge < -0.3 is 9.80 Å². The fourth-order valence-corrected chi connectivity index (χ4v) is 20.7. The largest absolute Gasteiger partial charge is 0.311 e. The third kappa shape index (κ3) is 5.67. The van der Waals surface area contributed by atoms with E-state index in [1.54, 1.807) is 0 Å². The van der Waals surface area contributed by atoms with Gasteiger partial charge in [0.25, 0.3) is 0 Å². The summed E-state index contributed by atoms with van der Waals surface area (Å²) >= 11 is 0. The van der Waals surface area contributed by atoms with Crippen LogP contribution in [0, 0.1) is 27.7 Å². The van der Waals surface area contributed by atoms with Crippen LogP contribution in [-0.4, -0.2) is 16.1 Å². The van der Waals surface area contributed by atoms with Gasteiger partial charge >= 0.3 is 0 Å². The lowest BCUT2D eigenvalue weighted by atomic mass is 10.1. The lowest BCUT2D eigenvalue weighted by Crippen LogP contribution is -2.77. The Labute approximate surface area is 368 Å². The summed E-state index contributed by atoms with van der Waals surface area (Å²) in [6.45, 7) is 8.75. The number of para-hydroxylation sites is 4. The number of hydrogen-bond donors (Lipinski definition) is 0. The van der Waals surface area contributed by atoms with Crippen molar-refractivity contribution < 1.29 is 0 Å². The monoisotopic (exact) mass is 828 g/mol. The van der Waals surface area contributed by atoms with Crippen LogP contribution in [0.2, 0.25) is 0 Å². The fraction of sp³-hybridized carbons (Fsp3) is 0.0690. The summed E-state index contributed by atoms with van der Waals surface area (Å²) in [4.78, 5) is 5.06. The molecule has 2 aliphatic rings. The number of benzene rings is 9. The summed E-state index contributed by atoms with van der Waals surface area (Å²) in [6.07, 6.45) is 0. The van der Waals surface area contributed by atoms with Crippen LogP contribution in [-0.2, 0) is 0 Å². The van der Waals surface area contributed by atoms with E-state index in [2.05, 4.69) is 256 Å². The van der Waals surface area contributed by atoms with Gasteiger partial charge in [0, 0.05) is 34.1 Å². The molecule has 0 unspecified atom stereocenters. The van der Waals surface area contributed by atoms with Crippen molar-refractivity contribution in [1.29, 1.82) is 0 Å². The molecule has 9 aromatic carbocycles. The average Bonchev–Trinajstić information content (AvgIpc) is 3.31. The molecular weight excluding hydrogens is 781 g/mol. The minimum atomic E-state index is -2.77. The van der Waals surface area contributed by atoms with E-state index in [0.717, 1.165) is 11.4 Å². The van der Waals surface area contributed by atoms with Gasteiger partial charge in [-0.15, -0.1) is 0 Å². The average molecular weight is 829 g/mol. The van der Waals surface area contributed by atoms with Gasteiger partial charge in [0.05, 0.1) is 0 Å². The predicted octanol–water partition coefficient (Wildman–Crippen LogP) is 9.24. The minimum Gasteiger partial charge on any atom is -0.311 e. The van der Waals surface area contributed by atoms with Crippen LogP contribution in [0.15, 0.2) is 218 Å². The first-order chi connectivity index (χ1) is 30.4. The van der Waals surface area contributed by atoms with Gasteiger partial charge in [-0.2, -0.15) is 0 Å². The molecule has 0 N–H and O–H groups in total. The Kier molecular flexibility index (Phi) is 9.11. The zero-order valence-electron chi connectivity index (χ0n) is 35.7. The first-order valence-electron chi connectivity index (χ1n) is 21.8. The second-order valence-electron chi connectivity index (χ2n) is 17.2. The van der Waals surface area contributed by atoms with Crippen molar-refractivity contribution >= 4 is 91.8 Å². The number of anilines is 6. The Morgan fingerprint density at radius 3 is 0.758 bits per heavy atom. The number of rotatable bonds is 6. The molecule has 2 aliphatic heterocycles.